The molecule has 0 saturated heterocycles. The van der Waals surface area contributed by atoms with E-state index in [2.05, 4.69) is 25.9 Å². The highest BCUT2D eigenvalue weighted by Crippen LogP contribution is 2.36. The van der Waals surface area contributed by atoms with Crippen LogP contribution in [0.1, 0.15) is 35.6 Å². The molecule has 26 heavy (non-hydrogen) atoms. The summed E-state index contributed by atoms with van der Waals surface area (Å²) >= 11 is 0. The van der Waals surface area contributed by atoms with Crippen molar-refractivity contribution in [3.05, 3.63) is 53.5 Å². The highest BCUT2D eigenvalue weighted by Gasteiger charge is 2.32. The second kappa shape index (κ2) is 8.62. The highest BCUT2D eigenvalue weighted by atomic mass is 16.3. The van der Waals surface area contributed by atoms with Gasteiger partial charge in [-0.05, 0) is 30.9 Å². The van der Waals surface area contributed by atoms with E-state index in [4.69, 9.17) is 5.11 Å². The van der Waals surface area contributed by atoms with Crippen LogP contribution >= 0.6 is 0 Å². The summed E-state index contributed by atoms with van der Waals surface area (Å²) in [6.45, 7) is 3.09. The Kier molecular flexibility index (Phi) is 6.01. The number of aryl methyl sites for hydroxylation is 1. The van der Waals surface area contributed by atoms with Crippen LogP contribution in [-0.2, 0) is 6.54 Å². The number of amides is 2. The van der Waals surface area contributed by atoms with Crippen molar-refractivity contribution >= 4 is 11.8 Å². The maximum Gasteiger partial charge on any atom is 0.315 e. The summed E-state index contributed by atoms with van der Waals surface area (Å²) < 4.78 is 0. The number of aromatic nitrogens is 2. The molecule has 3 rings (SSSR count). The van der Waals surface area contributed by atoms with E-state index >= 15 is 0 Å². The predicted octanol–water partition coefficient (Wildman–Crippen LogP) is 1.93. The summed E-state index contributed by atoms with van der Waals surface area (Å²) in [5.41, 5.74) is 3.27. The average Bonchev–Trinajstić information content (AvgIpc) is 2.62. The van der Waals surface area contributed by atoms with Crippen LogP contribution in [0, 0.1) is 6.92 Å². The third kappa shape index (κ3) is 4.70. The van der Waals surface area contributed by atoms with Crippen molar-refractivity contribution in [1.82, 2.24) is 20.6 Å². The second-order valence-electron chi connectivity index (χ2n) is 6.60. The van der Waals surface area contributed by atoms with Crippen molar-refractivity contribution in [1.29, 1.82) is 0 Å². The first kappa shape index (κ1) is 18.1. The minimum Gasteiger partial charge on any atom is -0.395 e. The summed E-state index contributed by atoms with van der Waals surface area (Å²) in [5.74, 6) is 1.05. The molecule has 0 unspecified atom stereocenters. The van der Waals surface area contributed by atoms with Crippen LogP contribution in [0.4, 0.5) is 10.6 Å². The zero-order valence-electron chi connectivity index (χ0n) is 14.9. The summed E-state index contributed by atoms with van der Waals surface area (Å²) in [6.07, 6.45) is 3.27. The van der Waals surface area contributed by atoms with E-state index in [0.717, 1.165) is 29.9 Å². The summed E-state index contributed by atoms with van der Waals surface area (Å²) in [6, 6.07) is 9.97. The van der Waals surface area contributed by atoms with Crippen LogP contribution in [0.15, 0.2) is 36.7 Å². The van der Waals surface area contributed by atoms with Gasteiger partial charge in [-0.1, -0.05) is 24.3 Å². The van der Waals surface area contributed by atoms with Crippen molar-refractivity contribution in [2.24, 2.45) is 0 Å². The molecule has 7 heteroatoms. The lowest BCUT2D eigenvalue weighted by Gasteiger charge is -2.35. The van der Waals surface area contributed by atoms with E-state index < -0.39 is 0 Å². The smallest absolute Gasteiger partial charge is 0.315 e. The Balaban J connectivity index is 1.42. The SMILES string of the molecule is Cc1ccccc1CNC(=O)NC1CC(c2cc(NCCO)ncn2)C1. The number of carbonyl (C=O) groups excluding carboxylic acids is 1. The number of hydrogen-bond acceptors (Lipinski definition) is 5. The van der Waals surface area contributed by atoms with Crippen molar-refractivity contribution in [2.45, 2.75) is 38.3 Å². The number of urea groups is 1. The first-order valence-corrected chi connectivity index (χ1v) is 8.91. The van der Waals surface area contributed by atoms with Crippen LogP contribution in [-0.4, -0.2) is 40.3 Å². The van der Waals surface area contributed by atoms with Gasteiger partial charge in [0, 0.05) is 36.8 Å². The molecule has 1 aliphatic rings. The first-order valence-electron chi connectivity index (χ1n) is 8.91. The fourth-order valence-corrected chi connectivity index (χ4v) is 3.07. The molecule has 4 N–H and O–H groups in total. The minimum atomic E-state index is -0.135. The number of anilines is 1. The molecule has 0 spiro atoms. The molecule has 0 atom stereocenters. The van der Waals surface area contributed by atoms with Crippen molar-refractivity contribution in [2.75, 3.05) is 18.5 Å². The molecule has 2 amide bonds. The van der Waals surface area contributed by atoms with Crippen LogP contribution in [0.5, 0.6) is 0 Å². The predicted molar refractivity (Wildman–Crippen MR) is 99.9 cm³/mol. The zero-order chi connectivity index (χ0) is 18.4. The lowest BCUT2D eigenvalue weighted by molar-refractivity contribution is 0.221. The Morgan fingerprint density at radius 2 is 2.08 bits per heavy atom. The number of benzene rings is 1. The Hall–Kier alpha value is -2.67. The van der Waals surface area contributed by atoms with Crippen LogP contribution in [0.3, 0.4) is 0 Å². The maximum atomic E-state index is 12.1. The zero-order valence-corrected chi connectivity index (χ0v) is 14.9. The summed E-state index contributed by atoms with van der Waals surface area (Å²) in [7, 11) is 0. The monoisotopic (exact) mass is 355 g/mol. The highest BCUT2D eigenvalue weighted by molar-refractivity contribution is 5.74. The fraction of sp³-hybridized carbons (Fsp3) is 0.421. The van der Waals surface area contributed by atoms with E-state index in [0.29, 0.717) is 19.0 Å². The van der Waals surface area contributed by atoms with Gasteiger partial charge in [0.15, 0.2) is 0 Å². The molecule has 0 bridgehead atoms. The standard InChI is InChI=1S/C19H25N5O2/c1-13-4-2-3-5-14(13)11-21-19(26)24-16-8-15(9-16)17-10-18(20-6-7-25)23-12-22-17/h2-5,10,12,15-16,25H,6-9,11H2,1H3,(H,20,22,23)(H2,21,24,26). The quantitative estimate of drug-likeness (QED) is 0.608. The van der Waals surface area contributed by atoms with Gasteiger partial charge in [-0.25, -0.2) is 14.8 Å². The maximum absolute atomic E-state index is 12.1. The third-order valence-electron chi connectivity index (χ3n) is 4.70. The fourth-order valence-electron chi connectivity index (χ4n) is 3.07. The molecule has 0 aliphatic heterocycles. The Labute approximate surface area is 153 Å². The average molecular weight is 355 g/mol. The van der Waals surface area contributed by atoms with Gasteiger partial charge >= 0.3 is 6.03 Å². The summed E-state index contributed by atoms with van der Waals surface area (Å²) in [4.78, 5) is 20.5. The molecule has 1 aliphatic carbocycles. The lowest BCUT2D eigenvalue weighted by atomic mass is 9.78. The lowest BCUT2D eigenvalue weighted by Crippen LogP contribution is -2.47. The Bertz CT molecular complexity index is 746. The number of carbonyl (C=O) groups is 1. The van der Waals surface area contributed by atoms with Gasteiger partial charge in [0.2, 0.25) is 0 Å². The number of hydrogen-bond donors (Lipinski definition) is 4. The van der Waals surface area contributed by atoms with E-state index in [-0.39, 0.29) is 18.7 Å². The number of aliphatic hydroxyl groups is 1. The van der Waals surface area contributed by atoms with Gasteiger partial charge in [-0.15, -0.1) is 0 Å². The molecule has 138 valence electrons. The van der Waals surface area contributed by atoms with E-state index in [9.17, 15) is 4.79 Å². The summed E-state index contributed by atoms with van der Waals surface area (Å²) in [5, 5.41) is 17.8. The molecule has 1 heterocycles. The minimum absolute atomic E-state index is 0.0619. The van der Waals surface area contributed by atoms with Crippen LogP contribution in [0.2, 0.25) is 0 Å². The van der Waals surface area contributed by atoms with Crippen molar-refractivity contribution < 1.29 is 9.90 Å². The van der Waals surface area contributed by atoms with E-state index in [1.54, 1.807) is 0 Å². The first-order chi connectivity index (χ1) is 12.7. The number of rotatable bonds is 7. The van der Waals surface area contributed by atoms with Gasteiger partial charge < -0.3 is 21.1 Å². The largest absolute Gasteiger partial charge is 0.395 e. The van der Waals surface area contributed by atoms with Crippen LogP contribution in [0.25, 0.3) is 0 Å². The molecule has 7 nitrogen and oxygen atoms in total. The molecular weight excluding hydrogens is 330 g/mol. The van der Waals surface area contributed by atoms with Crippen molar-refractivity contribution in [3.63, 3.8) is 0 Å². The Morgan fingerprint density at radius 1 is 1.27 bits per heavy atom. The van der Waals surface area contributed by atoms with Gasteiger partial charge in [0.05, 0.1) is 6.61 Å². The molecule has 1 saturated carbocycles. The topological polar surface area (TPSA) is 99.2 Å². The van der Waals surface area contributed by atoms with Crippen molar-refractivity contribution in [3.8, 4) is 0 Å². The number of aliphatic hydroxyl groups excluding tert-OH is 1. The second-order valence-corrected chi connectivity index (χ2v) is 6.60. The molecular formula is C19H25N5O2. The van der Waals surface area contributed by atoms with Gasteiger partial charge in [-0.2, -0.15) is 0 Å². The van der Waals surface area contributed by atoms with Gasteiger partial charge in [-0.3, -0.25) is 0 Å². The number of nitrogens with one attached hydrogen (secondary N) is 3. The van der Waals surface area contributed by atoms with E-state index in [1.807, 2.05) is 37.3 Å². The molecule has 0 radical (unpaired) electrons. The van der Waals surface area contributed by atoms with Gasteiger partial charge in [0.1, 0.15) is 12.1 Å². The number of nitrogens with zero attached hydrogens (tertiary/aromatic N) is 2. The van der Waals surface area contributed by atoms with Crippen LogP contribution < -0.4 is 16.0 Å². The Morgan fingerprint density at radius 3 is 2.85 bits per heavy atom. The van der Waals surface area contributed by atoms with Gasteiger partial charge in [0.25, 0.3) is 0 Å². The molecule has 2 aromatic rings. The molecule has 1 fully saturated rings. The van der Waals surface area contributed by atoms with E-state index in [1.165, 1.54) is 11.9 Å². The third-order valence-corrected chi connectivity index (χ3v) is 4.70. The molecule has 1 aromatic heterocycles. The molecule has 1 aromatic carbocycles. The normalized spacial score (nSPS) is 18.7.